The van der Waals surface area contributed by atoms with Crippen molar-refractivity contribution >= 4 is 28.7 Å². The van der Waals surface area contributed by atoms with Crippen molar-refractivity contribution in [2.75, 3.05) is 0 Å². The van der Waals surface area contributed by atoms with Crippen LogP contribution in [0.25, 0.3) is 6.08 Å². The molecule has 0 unspecified atom stereocenters. The van der Waals surface area contributed by atoms with Crippen LogP contribution >= 0.6 is 22.6 Å². The summed E-state index contributed by atoms with van der Waals surface area (Å²) in [5.41, 5.74) is 0.778. The molecule has 0 aliphatic rings. The van der Waals surface area contributed by atoms with Gasteiger partial charge in [0.25, 0.3) is 0 Å². The van der Waals surface area contributed by atoms with E-state index in [1.165, 1.54) is 0 Å². The number of phenolic OH excluding ortho intramolecular Hbond substituents is 1. The highest BCUT2D eigenvalue weighted by molar-refractivity contribution is 14.1. The number of rotatable bonds is 1. The van der Waals surface area contributed by atoms with Crippen molar-refractivity contribution in [3.63, 3.8) is 0 Å². The number of hydrogen-bond acceptors (Lipinski definition) is 1. The van der Waals surface area contributed by atoms with Gasteiger partial charge in [0, 0.05) is 9.13 Å². The molecule has 0 aliphatic heterocycles. The molecule has 10 heavy (non-hydrogen) atoms. The molecule has 1 nitrogen and oxygen atoms in total. The summed E-state index contributed by atoms with van der Waals surface area (Å²) in [6.45, 7) is 3.56. The second-order valence-electron chi connectivity index (χ2n) is 1.91. The predicted octanol–water partition coefficient (Wildman–Crippen LogP) is 2.64. The van der Waals surface area contributed by atoms with Crippen LogP contribution in [-0.2, 0) is 0 Å². The number of hydrogen-bond donors (Lipinski definition) is 1. The molecule has 0 aliphatic carbocycles. The summed E-state index contributed by atoms with van der Waals surface area (Å²) in [7, 11) is 0. The zero-order chi connectivity index (χ0) is 7.56. The van der Waals surface area contributed by atoms with Crippen molar-refractivity contribution in [2.45, 2.75) is 0 Å². The molecule has 0 saturated carbocycles. The fraction of sp³-hybridized carbons (Fsp3) is 0. The maximum atomic E-state index is 9.22. The number of halogens is 1. The maximum absolute atomic E-state index is 9.22. The molecule has 0 heterocycles. The van der Waals surface area contributed by atoms with E-state index >= 15 is 0 Å². The first-order valence-corrected chi connectivity index (χ1v) is 3.93. The monoisotopic (exact) mass is 246 g/mol. The van der Waals surface area contributed by atoms with Gasteiger partial charge in [-0.2, -0.15) is 0 Å². The third-order valence-corrected chi connectivity index (χ3v) is 1.88. The molecule has 0 spiro atoms. The normalized spacial score (nSPS) is 9.30. The Morgan fingerprint density at radius 2 is 2.20 bits per heavy atom. The van der Waals surface area contributed by atoms with Gasteiger partial charge in [-0.1, -0.05) is 18.7 Å². The van der Waals surface area contributed by atoms with Crippen molar-refractivity contribution in [2.24, 2.45) is 0 Å². The Balaban J connectivity index is 3.19. The van der Waals surface area contributed by atoms with Gasteiger partial charge in [-0.15, -0.1) is 0 Å². The molecule has 1 aromatic carbocycles. The van der Waals surface area contributed by atoms with Gasteiger partial charge in [0.15, 0.2) is 0 Å². The molecule has 0 saturated heterocycles. The summed E-state index contributed by atoms with van der Waals surface area (Å²) >= 11 is 2.14. The number of benzene rings is 1. The van der Waals surface area contributed by atoms with Gasteiger partial charge in [-0.25, -0.2) is 0 Å². The molecule has 2 heteroatoms. The minimum Gasteiger partial charge on any atom is -0.507 e. The molecule has 0 radical (unpaired) electrons. The average molecular weight is 246 g/mol. The molecule has 52 valence electrons. The molecular formula is C8H7IO. The smallest absolute Gasteiger partial charge is 0.123 e. The first-order valence-electron chi connectivity index (χ1n) is 2.85. The first kappa shape index (κ1) is 7.60. The van der Waals surface area contributed by atoms with E-state index in [0.717, 1.165) is 9.13 Å². The molecule has 1 rings (SSSR count). The Labute approximate surface area is 73.5 Å². The molecule has 0 fully saturated rings. The molecule has 1 aromatic rings. The lowest BCUT2D eigenvalue weighted by Gasteiger charge is -1.97. The van der Waals surface area contributed by atoms with Gasteiger partial charge in [0.2, 0.25) is 0 Å². The highest BCUT2D eigenvalue weighted by Gasteiger charge is 1.95. The summed E-state index contributed by atoms with van der Waals surface area (Å²) in [6.07, 6.45) is 1.63. The summed E-state index contributed by atoms with van der Waals surface area (Å²) in [5, 5.41) is 9.22. The zero-order valence-electron chi connectivity index (χ0n) is 5.34. The van der Waals surface area contributed by atoms with Crippen LogP contribution in [0.1, 0.15) is 5.56 Å². The van der Waals surface area contributed by atoms with Gasteiger partial charge in [-0.3, -0.25) is 0 Å². The zero-order valence-corrected chi connectivity index (χ0v) is 7.50. The molecule has 1 N–H and O–H groups in total. The van der Waals surface area contributed by atoms with Gasteiger partial charge in [0.1, 0.15) is 5.75 Å². The van der Waals surface area contributed by atoms with Crippen LogP contribution in [0, 0.1) is 3.57 Å². The maximum Gasteiger partial charge on any atom is 0.123 e. The van der Waals surface area contributed by atoms with E-state index in [1.54, 1.807) is 12.1 Å². The molecule has 0 amide bonds. The summed E-state index contributed by atoms with van der Waals surface area (Å²) in [5.74, 6) is 0.293. The lowest BCUT2D eigenvalue weighted by atomic mass is 10.2. The Hall–Kier alpha value is -0.510. The van der Waals surface area contributed by atoms with Gasteiger partial charge < -0.3 is 5.11 Å². The van der Waals surface area contributed by atoms with Gasteiger partial charge in [-0.05, 0) is 34.7 Å². The molecule has 0 bridgehead atoms. The Kier molecular flexibility index (Phi) is 2.32. The third-order valence-electron chi connectivity index (χ3n) is 1.21. The standard InChI is InChI=1S/C8H7IO/c1-2-6-3-4-7(9)5-8(6)10/h2-5,10H,1H2. The molecule has 0 aromatic heterocycles. The van der Waals surface area contributed by atoms with Crippen LogP contribution in [0.5, 0.6) is 5.75 Å². The molecular weight excluding hydrogens is 239 g/mol. The van der Waals surface area contributed by atoms with E-state index in [2.05, 4.69) is 29.2 Å². The SMILES string of the molecule is C=Cc1ccc(I)cc1O. The lowest BCUT2D eigenvalue weighted by molar-refractivity contribution is 0.473. The topological polar surface area (TPSA) is 20.2 Å². The van der Waals surface area contributed by atoms with Crippen molar-refractivity contribution in [1.29, 1.82) is 0 Å². The quantitative estimate of drug-likeness (QED) is 0.755. The highest BCUT2D eigenvalue weighted by Crippen LogP contribution is 2.20. The summed E-state index contributed by atoms with van der Waals surface area (Å²) in [4.78, 5) is 0. The van der Waals surface area contributed by atoms with Crippen LogP contribution in [0.4, 0.5) is 0 Å². The summed E-state index contributed by atoms with van der Waals surface area (Å²) < 4.78 is 1.03. The van der Waals surface area contributed by atoms with Crippen LogP contribution in [-0.4, -0.2) is 5.11 Å². The Morgan fingerprint density at radius 1 is 1.50 bits per heavy atom. The minimum absolute atomic E-state index is 0.293. The fourth-order valence-corrected chi connectivity index (χ4v) is 1.16. The van der Waals surface area contributed by atoms with Crippen LogP contribution < -0.4 is 0 Å². The van der Waals surface area contributed by atoms with E-state index in [0.29, 0.717) is 5.75 Å². The Bertz CT molecular complexity index is 255. The fourth-order valence-electron chi connectivity index (χ4n) is 0.689. The molecule has 0 atom stereocenters. The van der Waals surface area contributed by atoms with Crippen LogP contribution in [0.15, 0.2) is 24.8 Å². The van der Waals surface area contributed by atoms with E-state index < -0.39 is 0 Å². The van der Waals surface area contributed by atoms with Crippen molar-refractivity contribution in [3.05, 3.63) is 33.9 Å². The van der Waals surface area contributed by atoms with Gasteiger partial charge >= 0.3 is 0 Å². The van der Waals surface area contributed by atoms with Crippen molar-refractivity contribution in [1.82, 2.24) is 0 Å². The van der Waals surface area contributed by atoms with E-state index in [-0.39, 0.29) is 0 Å². The van der Waals surface area contributed by atoms with E-state index in [4.69, 9.17) is 0 Å². The van der Waals surface area contributed by atoms with E-state index in [9.17, 15) is 5.11 Å². The van der Waals surface area contributed by atoms with Gasteiger partial charge in [0.05, 0.1) is 0 Å². The largest absolute Gasteiger partial charge is 0.507 e. The first-order chi connectivity index (χ1) is 4.74. The highest BCUT2D eigenvalue weighted by atomic mass is 127. The van der Waals surface area contributed by atoms with Crippen LogP contribution in [0.2, 0.25) is 0 Å². The number of aromatic hydroxyl groups is 1. The van der Waals surface area contributed by atoms with E-state index in [1.807, 2.05) is 12.1 Å². The average Bonchev–Trinajstić information content (AvgIpc) is 1.88. The third kappa shape index (κ3) is 1.50. The Morgan fingerprint density at radius 3 is 2.70 bits per heavy atom. The second-order valence-corrected chi connectivity index (χ2v) is 3.15. The lowest BCUT2D eigenvalue weighted by Crippen LogP contribution is -1.74. The second kappa shape index (κ2) is 3.05. The number of phenols is 1. The predicted molar refractivity (Wildman–Crippen MR) is 50.9 cm³/mol. The van der Waals surface area contributed by atoms with Crippen LogP contribution in [0.3, 0.4) is 0 Å². The minimum atomic E-state index is 0.293. The van der Waals surface area contributed by atoms with Crippen molar-refractivity contribution in [3.8, 4) is 5.75 Å². The summed E-state index contributed by atoms with van der Waals surface area (Å²) in [6, 6.07) is 5.47. The van der Waals surface area contributed by atoms with Crippen molar-refractivity contribution < 1.29 is 5.11 Å².